The van der Waals surface area contributed by atoms with E-state index in [0.29, 0.717) is 0 Å². The van der Waals surface area contributed by atoms with Gasteiger partial charge in [-0.15, -0.1) is 0 Å². The van der Waals surface area contributed by atoms with Gasteiger partial charge in [0.25, 0.3) is 0 Å². The molecule has 0 heterocycles. The maximum absolute atomic E-state index is 3.25. The van der Waals surface area contributed by atoms with Crippen LogP contribution in [0, 0.1) is 20.8 Å². The Bertz CT molecular complexity index is 23.0. The van der Waals surface area contributed by atoms with Gasteiger partial charge in [-0.25, -0.2) is 0 Å². The fourth-order valence-electron chi connectivity index (χ4n) is 0.898. The van der Waals surface area contributed by atoms with Crippen molar-refractivity contribution >= 4 is 0 Å². The van der Waals surface area contributed by atoms with Crippen molar-refractivity contribution in [3.05, 3.63) is 20.8 Å². The van der Waals surface area contributed by atoms with Crippen LogP contribution in [0.1, 0.15) is 39.0 Å². The number of hydrogen-bond acceptors (Lipinski definition) is 0. The number of rotatable bonds is 0. The Balaban J connectivity index is -0.0000000459. The van der Waals surface area contributed by atoms with Crippen molar-refractivity contribution in [2.45, 2.75) is 39.0 Å². The summed E-state index contributed by atoms with van der Waals surface area (Å²) in [5, 5.41) is 0. The summed E-state index contributed by atoms with van der Waals surface area (Å²) in [6.07, 6.45) is 9.50. The van der Waals surface area contributed by atoms with Crippen molar-refractivity contribution in [1.29, 1.82) is 0 Å². The van der Waals surface area contributed by atoms with Crippen LogP contribution in [-0.2, 0) is 65.4 Å². The van der Waals surface area contributed by atoms with Crippen LogP contribution in [0.3, 0.4) is 0 Å². The summed E-state index contributed by atoms with van der Waals surface area (Å²) >= 11 is 0. The monoisotopic (exact) mass is 305 g/mol. The fraction of sp³-hybridized carbons (Fsp3) is 0.667. The summed E-state index contributed by atoms with van der Waals surface area (Å²) in [7, 11) is 0. The van der Waals surface area contributed by atoms with Crippen LogP contribution in [0.15, 0.2) is 0 Å². The van der Waals surface area contributed by atoms with Gasteiger partial charge < -0.3 is 20.8 Å². The smallest absolute Gasteiger partial charge is 0 e. The van der Waals surface area contributed by atoms with Crippen LogP contribution in [0.4, 0.5) is 0 Å². The molecule has 0 unspecified atom stereocenters. The molecule has 0 amide bonds. The molecule has 0 atom stereocenters. The fourth-order valence-corrected chi connectivity index (χ4v) is 0.898. The van der Waals surface area contributed by atoms with Gasteiger partial charge in [0.1, 0.15) is 0 Å². The summed E-state index contributed by atoms with van der Waals surface area (Å²) in [6, 6.07) is 0. The van der Waals surface area contributed by atoms with Crippen molar-refractivity contribution in [2.75, 3.05) is 0 Å². The minimum absolute atomic E-state index is 0. The molecule has 1 fully saturated rings. The second-order valence-electron chi connectivity index (χ2n) is 1.93. The van der Waals surface area contributed by atoms with E-state index in [-0.39, 0.29) is 72.8 Å². The zero-order valence-corrected chi connectivity index (χ0v) is 13.7. The van der Waals surface area contributed by atoms with E-state index in [0.717, 1.165) is 0 Å². The molecule has 0 aromatic carbocycles. The Morgan fingerprint density at radius 2 is 1.27 bits per heavy atom. The predicted molar refractivity (Wildman–Crippen MR) is 44.8 cm³/mol. The van der Waals surface area contributed by atoms with Gasteiger partial charge in [-0.1, -0.05) is 19.3 Å². The molecule has 1 saturated carbocycles. The first kappa shape index (κ1) is 23.2. The Labute approximate surface area is 123 Å². The van der Waals surface area contributed by atoms with Crippen molar-refractivity contribution in [3.8, 4) is 0 Å². The van der Waals surface area contributed by atoms with E-state index >= 15 is 0 Å². The minimum Gasteiger partial charge on any atom is -0.358 e. The molecule has 0 aromatic heterocycles. The molecule has 0 bridgehead atoms. The summed E-state index contributed by atoms with van der Waals surface area (Å²) in [6.45, 7) is 5.00. The van der Waals surface area contributed by atoms with Gasteiger partial charge >= 0.3 is 0 Å². The summed E-state index contributed by atoms with van der Waals surface area (Å²) < 4.78 is 0. The topological polar surface area (TPSA) is 0 Å². The third-order valence-corrected chi connectivity index (χ3v) is 1.32. The van der Waals surface area contributed by atoms with E-state index < -0.39 is 0 Å². The molecule has 2 radical (unpaired) electrons. The average molecular weight is 305 g/mol. The second kappa shape index (κ2) is 22.8. The Hall–Kier alpha value is 2.21. The normalized spacial score (nSPS) is 13.6. The van der Waals surface area contributed by atoms with Gasteiger partial charge in [0.2, 0.25) is 0 Å². The Kier molecular flexibility index (Phi) is 48.0. The van der Waals surface area contributed by atoms with E-state index in [4.69, 9.17) is 0 Å². The van der Waals surface area contributed by atoms with Crippen molar-refractivity contribution in [1.82, 2.24) is 0 Å². The van der Waals surface area contributed by atoms with Gasteiger partial charge in [-0.3, -0.25) is 0 Å². The molecule has 0 spiro atoms. The average Bonchev–Trinajstić information content (AvgIpc) is 1.96. The van der Waals surface area contributed by atoms with Crippen LogP contribution in [0.5, 0.6) is 0 Å². The molecular formula is C9H19Y2-3. The minimum atomic E-state index is 0. The second-order valence-corrected chi connectivity index (χ2v) is 1.93. The first-order valence-corrected chi connectivity index (χ1v) is 3.52. The van der Waals surface area contributed by atoms with Crippen molar-refractivity contribution in [2.24, 2.45) is 0 Å². The number of hydrogen-bond donors (Lipinski definition) is 0. The molecule has 0 nitrogen and oxygen atoms in total. The van der Waals surface area contributed by atoms with E-state index in [1.165, 1.54) is 32.1 Å². The van der Waals surface area contributed by atoms with Crippen molar-refractivity contribution < 1.29 is 65.4 Å². The van der Waals surface area contributed by atoms with Gasteiger partial charge in [0, 0.05) is 65.4 Å². The standard InChI is InChI=1S/C6H11.C2H5.CH3.2Y/c1-2-4-6-5-3-1;1-2;;;/h1H,2-6H2;1H2,2H3;1H3;;/q3*-1;;. The van der Waals surface area contributed by atoms with Gasteiger partial charge in [-0.2, -0.15) is 19.8 Å². The maximum Gasteiger partial charge on any atom is 0 e. The third kappa shape index (κ3) is 18.9. The largest absolute Gasteiger partial charge is 0.358 e. The third-order valence-electron chi connectivity index (χ3n) is 1.32. The zero-order chi connectivity index (χ0) is 6.24. The quantitative estimate of drug-likeness (QED) is 0.601. The SMILES string of the molecule is [CH-]1CCCCC1.[CH2-]C.[CH3-].[Y].[Y]. The van der Waals surface area contributed by atoms with Crippen molar-refractivity contribution in [3.63, 3.8) is 0 Å². The van der Waals surface area contributed by atoms with Crippen LogP contribution in [-0.4, -0.2) is 0 Å². The van der Waals surface area contributed by atoms with E-state index in [9.17, 15) is 0 Å². The first-order chi connectivity index (χ1) is 4.00. The van der Waals surface area contributed by atoms with Gasteiger partial charge in [0.15, 0.2) is 0 Å². The van der Waals surface area contributed by atoms with Gasteiger partial charge in [-0.05, 0) is 0 Å². The summed E-state index contributed by atoms with van der Waals surface area (Å²) in [5.41, 5.74) is 0. The first-order valence-electron chi connectivity index (χ1n) is 3.52. The Morgan fingerprint density at radius 1 is 0.909 bits per heavy atom. The van der Waals surface area contributed by atoms with E-state index in [2.05, 4.69) is 13.3 Å². The van der Waals surface area contributed by atoms with Gasteiger partial charge in [0.05, 0.1) is 0 Å². The predicted octanol–water partition coefficient (Wildman–Crippen LogP) is 3.44. The molecule has 11 heavy (non-hydrogen) atoms. The molecular weight excluding hydrogens is 286 g/mol. The molecule has 64 valence electrons. The molecule has 1 aliphatic rings. The van der Waals surface area contributed by atoms with Crippen LogP contribution in [0.25, 0.3) is 0 Å². The Morgan fingerprint density at radius 3 is 1.36 bits per heavy atom. The molecule has 0 saturated heterocycles. The van der Waals surface area contributed by atoms with Crippen LogP contribution >= 0.6 is 0 Å². The van der Waals surface area contributed by atoms with Crippen LogP contribution in [0.2, 0.25) is 0 Å². The molecule has 0 N–H and O–H groups in total. The van der Waals surface area contributed by atoms with E-state index in [1.807, 2.05) is 0 Å². The molecule has 1 rings (SSSR count). The van der Waals surface area contributed by atoms with E-state index in [1.54, 1.807) is 6.92 Å². The summed E-state index contributed by atoms with van der Waals surface area (Å²) in [5.74, 6) is 0. The van der Waals surface area contributed by atoms with Crippen LogP contribution < -0.4 is 0 Å². The molecule has 2 heteroatoms. The molecule has 0 aromatic rings. The summed E-state index contributed by atoms with van der Waals surface area (Å²) in [4.78, 5) is 0. The molecule has 1 aliphatic carbocycles. The maximum atomic E-state index is 3.25. The zero-order valence-electron chi connectivity index (χ0n) is 7.97. The molecule has 0 aliphatic heterocycles.